The number of benzene rings is 1. The van der Waals surface area contributed by atoms with Crippen molar-refractivity contribution >= 4 is 8.58 Å². The Morgan fingerprint density at radius 2 is 1.18 bits per heavy atom. The van der Waals surface area contributed by atoms with Crippen LogP contribution in [-0.4, -0.2) is 6.66 Å². The van der Waals surface area contributed by atoms with E-state index >= 15 is 0 Å². The minimum absolute atomic E-state index is 0.207. The Morgan fingerprint density at radius 3 is 1.45 bits per heavy atom. The van der Waals surface area contributed by atoms with Crippen LogP contribution in [0.5, 0.6) is 0 Å². The van der Waals surface area contributed by atoms with Crippen molar-refractivity contribution in [2.45, 2.75) is 85.2 Å². The first-order valence-corrected chi connectivity index (χ1v) is 10.1. The van der Waals surface area contributed by atoms with Crippen LogP contribution in [0.25, 0.3) is 0 Å². The molecule has 1 heteroatoms. The Labute approximate surface area is 141 Å². The van der Waals surface area contributed by atoms with Gasteiger partial charge in [-0.3, -0.25) is 0 Å². The predicted molar refractivity (Wildman–Crippen MR) is 105 cm³/mol. The van der Waals surface area contributed by atoms with E-state index < -0.39 is 0 Å². The summed E-state index contributed by atoms with van der Waals surface area (Å²) in [6.07, 6.45) is 1.26. The standard InChI is InChI=1S/C21H37P/c1-19(2,3)14-18(22-10)15-11-16(20(4,5)6)13-17(12-15)21(7,8)9/h11-13,18,22H,14H2,1-10H3. The van der Waals surface area contributed by atoms with Gasteiger partial charge in [-0.25, -0.2) is 0 Å². The van der Waals surface area contributed by atoms with Gasteiger partial charge in [0.1, 0.15) is 0 Å². The number of rotatable bonds is 3. The van der Waals surface area contributed by atoms with Gasteiger partial charge in [0, 0.05) is 5.66 Å². The zero-order chi connectivity index (χ0) is 17.3. The second kappa shape index (κ2) is 6.64. The topological polar surface area (TPSA) is 0 Å². The van der Waals surface area contributed by atoms with Crippen LogP contribution >= 0.6 is 8.58 Å². The highest BCUT2D eigenvalue weighted by atomic mass is 31.1. The summed E-state index contributed by atoms with van der Waals surface area (Å²) in [5.74, 6) is 0. The summed E-state index contributed by atoms with van der Waals surface area (Å²) < 4.78 is 0. The lowest BCUT2D eigenvalue weighted by molar-refractivity contribution is 0.373. The number of hydrogen-bond donors (Lipinski definition) is 0. The largest absolute Gasteiger partial charge is 0.118 e. The summed E-state index contributed by atoms with van der Waals surface area (Å²) in [4.78, 5) is 0. The molecule has 0 aliphatic heterocycles. The molecule has 0 amide bonds. The minimum atomic E-state index is 0.207. The first-order chi connectivity index (χ1) is 9.74. The highest BCUT2D eigenvalue weighted by Crippen LogP contribution is 2.43. The molecule has 126 valence electrons. The van der Waals surface area contributed by atoms with Crippen molar-refractivity contribution in [2.75, 3.05) is 6.66 Å². The van der Waals surface area contributed by atoms with E-state index in [9.17, 15) is 0 Å². The van der Waals surface area contributed by atoms with Crippen molar-refractivity contribution in [3.05, 3.63) is 34.9 Å². The highest BCUT2D eigenvalue weighted by molar-refractivity contribution is 7.37. The second-order valence-corrected chi connectivity index (χ2v) is 11.2. The van der Waals surface area contributed by atoms with Crippen LogP contribution < -0.4 is 0 Å². The van der Waals surface area contributed by atoms with E-state index in [-0.39, 0.29) is 10.8 Å². The monoisotopic (exact) mass is 320 g/mol. The Kier molecular flexibility index (Phi) is 5.95. The first kappa shape index (κ1) is 19.7. The van der Waals surface area contributed by atoms with Crippen molar-refractivity contribution in [2.24, 2.45) is 5.41 Å². The first-order valence-electron chi connectivity index (χ1n) is 8.57. The molecule has 0 spiro atoms. The normalized spacial score (nSPS) is 15.5. The zero-order valence-electron chi connectivity index (χ0n) is 16.5. The highest BCUT2D eigenvalue weighted by Gasteiger charge is 2.24. The van der Waals surface area contributed by atoms with Crippen molar-refractivity contribution in [1.82, 2.24) is 0 Å². The fourth-order valence-electron chi connectivity index (χ4n) is 2.72. The van der Waals surface area contributed by atoms with E-state index in [1.54, 1.807) is 5.56 Å². The molecule has 0 bridgehead atoms. The molecule has 1 aromatic carbocycles. The Balaban J connectivity index is 3.39. The van der Waals surface area contributed by atoms with Gasteiger partial charge in [-0.05, 0) is 46.0 Å². The molecule has 0 fully saturated rings. The van der Waals surface area contributed by atoms with Crippen LogP contribution in [0.2, 0.25) is 0 Å². The van der Waals surface area contributed by atoms with Gasteiger partial charge in [-0.2, -0.15) is 0 Å². The predicted octanol–water partition coefficient (Wildman–Crippen LogP) is 7.07. The van der Waals surface area contributed by atoms with Crippen molar-refractivity contribution in [1.29, 1.82) is 0 Å². The average molecular weight is 321 g/mol. The number of hydrogen-bond acceptors (Lipinski definition) is 0. The van der Waals surface area contributed by atoms with Gasteiger partial charge in [0.25, 0.3) is 0 Å². The molecule has 0 nitrogen and oxygen atoms in total. The molecule has 2 atom stereocenters. The third-order valence-corrected chi connectivity index (χ3v) is 5.49. The quantitative estimate of drug-likeness (QED) is 0.522. The summed E-state index contributed by atoms with van der Waals surface area (Å²) in [5.41, 5.74) is 5.99. The summed E-state index contributed by atoms with van der Waals surface area (Å²) in [6.45, 7) is 23.4. The molecule has 0 saturated carbocycles. The molecule has 0 aliphatic carbocycles. The third kappa shape index (κ3) is 5.69. The molecule has 0 radical (unpaired) electrons. The third-order valence-electron chi connectivity index (χ3n) is 4.25. The lowest BCUT2D eigenvalue weighted by atomic mass is 9.78. The summed E-state index contributed by atoms with van der Waals surface area (Å²) in [7, 11) is 0.959. The minimum Gasteiger partial charge on any atom is -0.118 e. The molecular formula is C21H37P. The van der Waals surface area contributed by atoms with Crippen LogP contribution in [-0.2, 0) is 10.8 Å². The Morgan fingerprint density at radius 1 is 0.773 bits per heavy atom. The van der Waals surface area contributed by atoms with Gasteiger partial charge in [-0.1, -0.05) is 80.5 Å². The van der Waals surface area contributed by atoms with Gasteiger partial charge in [0.15, 0.2) is 0 Å². The zero-order valence-corrected chi connectivity index (χ0v) is 17.5. The maximum absolute atomic E-state index is 2.47. The van der Waals surface area contributed by atoms with Crippen molar-refractivity contribution in [3.8, 4) is 0 Å². The molecule has 0 saturated heterocycles. The van der Waals surface area contributed by atoms with E-state index in [1.807, 2.05) is 0 Å². The lowest BCUT2D eigenvalue weighted by Crippen LogP contribution is -2.18. The average Bonchev–Trinajstić information content (AvgIpc) is 2.32. The molecule has 1 rings (SSSR count). The fraction of sp³-hybridized carbons (Fsp3) is 0.714. The Hall–Kier alpha value is -0.350. The van der Waals surface area contributed by atoms with E-state index in [0.717, 1.165) is 8.58 Å². The van der Waals surface area contributed by atoms with E-state index in [0.29, 0.717) is 11.1 Å². The van der Waals surface area contributed by atoms with Crippen LogP contribution in [0.1, 0.15) is 91.1 Å². The molecular weight excluding hydrogens is 283 g/mol. The molecule has 0 heterocycles. The summed E-state index contributed by atoms with van der Waals surface area (Å²) in [6, 6.07) is 7.38. The van der Waals surface area contributed by atoms with Crippen LogP contribution in [0.4, 0.5) is 0 Å². The molecule has 0 N–H and O–H groups in total. The van der Waals surface area contributed by atoms with E-state index in [1.165, 1.54) is 17.5 Å². The lowest BCUT2D eigenvalue weighted by Gasteiger charge is -2.30. The van der Waals surface area contributed by atoms with Crippen molar-refractivity contribution < 1.29 is 0 Å². The SMILES string of the molecule is CPC(CC(C)(C)C)c1cc(C(C)(C)C)cc(C(C)(C)C)c1. The maximum atomic E-state index is 2.47. The van der Waals surface area contributed by atoms with Crippen LogP contribution in [0, 0.1) is 5.41 Å². The van der Waals surface area contributed by atoms with Gasteiger partial charge in [0.2, 0.25) is 0 Å². The maximum Gasteiger partial charge on any atom is 0.00167 e. The van der Waals surface area contributed by atoms with Crippen molar-refractivity contribution in [3.63, 3.8) is 0 Å². The molecule has 22 heavy (non-hydrogen) atoms. The molecule has 0 aliphatic rings. The summed E-state index contributed by atoms with van der Waals surface area (Å²) >= 11 is 0. The molecule has 0 aromatic heterocycles. The van der Waals surface area contributed by atoms with Gasteiger partial charge in [-0.15, -0.1) is 8.58 Å². The van der Waals surface area contributed by atoms with E-state index in [4.69, 9.17) is 0 Å². The Bertz CT molecular complexity index is 460. The summed E-state index contributed by atoms with van der Waals surface area (Å²) in [5, 5.41) is 0. The molecule has 2 unspecified atom stereocenters. The van der Waals surface area contributed by atoms with Crippen LogP contribution in [0.15, 0.2) is 18.2 Å². The van der Waals surface area contributed by atoms with Crippen LogP contribution in [0.3, 0.4) is 0 Å². The van der Waals surface area contributed by atoms with Gasteiger partial charge >= 0.3 is 0 Å². The van der Waals surface area contributed by atoms with Gasteiger partial charge in [0.05, 0.1) is 0 Å². The van der Waals surface area contributed by atoms with Gasteiger partial charge < -0.3 is 0 Å². The molecule has 1 aromatic rings. The fourth-order valence-corrected chi connectivity index (χ4v) is 4.03. The van der Waals surface area contributed by atoms with E-state index in [2.05, 4.69) is 87.2 Å². The smallest absolute Gasteiger partial charge is 0.00167 e. The second-order valence-electron chi connectivity index (χ2n) is 9.95.